The van der Waals surface area contributed by atoms with Gasteiger partial charge in [0.05, 0.1) is 11.9 Å². The van der Waals surface area contributed by atoms with Crippen molar-refractivity contribution >= 4 is 29.7 Å². The van der Waals surface area contributed by atoms with Crippen molar-refractivity contribution in [3.05, 3.63) is 167 Å². The summed E-state index contributed by atoms with van der Waals surface area (Å²) < 4.78 is 9.92. The van der Waals surface area contributed by atoms with E-state index in [9.17, 15) is 14.4 Å². The van der Waals surface area contributed by atoms with Gasteiger partial charge < -0.3 is 20.1 Å². The molecule has 0 aromatic heterocycles. The van der Waals surface area contributed by atoms with Crippen molar-refractivity contribution in [2.45, 2.75) is 29.5 Å². The molecular weight excluding hydrogens is 645 g/mol. The van der Waals surface area contributed by atoms with Crippen LogP contribution in [0.1, 0.15) is 46.6 Å². The predicted molar refractivity (Wildman–Crippen MR) is 198 cm³/mol. The number of fused-ring (bicyclic) bond motifs is 3. The fourth-order valence-corrected chi connectivity index (χ4v) is 8.17. The normalized spacial score (nSPS) is 12.7. The standard InChI is InChI=1S/C42H40N2O5S/c1-48-39(45)26-15-27-43-40(46)38(44-41(47)49-28-37-35-24-13-11-22-33(35)34-23-12-14-25-36(34)37)29-50-42(30-16-5-2-6-17-30,31-18-7-3-8-19-31)32-20-9-4-10-21-32/h2-14,16-25,37-38H,15,26-29H2,1H3,(H,43,46)(H,44,47)/t38-/m1/s1. The predicted octanol–water partition coefficient (Wildman–Crippen LogP) is 7.69. The SMILES string of the molecule is COC(=O)CCCNC(=O)[C@@H](CSC(c1ccccc1)(c1ccccc1)c1ccccc1)NC(=O)OCC1c2ccccc2-c2ccccc21. The van der Waals surface area contributed by atoms with E-state index in [2.05, 4.69) is 71.3 Å². The number of carbonyl (C=O) groups is 3. The maximum Gasteiger partial charge on any atom is 0.407 e. The van der Waals surface area contributed by atoms with Gasteiger partial charge >= 0.3 is 12.1 Å². The number of thioether (sulfide) groups is 1. The first-order valence-electron chi connectivity index (χ1n) is 16.8. The fraction of sp³-hybridized carbons (Fsp3) is 0.214. The molecule has 8 heteroatoms. The number of esters is 1. The van der Waals surface area contributed by atoms with Crippen LogP contribution >= 0.6 is 11.8 Å². The molecule has 5 aromatic carbocycles. The monoisotopic (exact) mass is 684 g/mol. The lowest BCUT2D eigenvalue weighted by molar-refractivity contribution is -0.140. The number of rotatable bonds is 14. The van der Waals surface area contributed by atoms with Crippen LogP contribution in [0, 0.1) is 0 Å². The molecule has 1 aliphatic carbocycles. The summed E-state index contributed by atoms with van der Waals surface area (Å²) in [5.74, 6) is -0.596. The third-order valence-corrected chi connectivity index (χ3v) is 10.7. The van der Waals surface area contributed by atoms with Crippen molar-refractivity contribution in [1.82, 2.24) is 10.6 Å². The Morgan fingerprint density at radius 2 is 1.18 bits per heavy atom. The number of amides is 2. The first-order chi connectivity index (χ1) is 24.5. The third-order valence-electron chi connectivity index (χ3n) is 9.04. The lowest BCUT2D eigenvalue weighted by atomic mass is 9.84. The van der Waals surface area contributed by atoms with E-state index in [0.717, 1.165) is 38.9 Å². The summed E-state index contributed by atoms with van der Waals surface area (Å²) in [6, 6.07) is 45.9. The smallest absolute Gasteiger partial charge is 0.407 e. The molecule has 0 saturated heterocycles. The largest absolute Gasteiger partial charge is 0.469 e. The van der Waals surface area contributed by atoms with Gasteiger partial charge in [0.15, 0.2) is 0 Å². The Kier molecular flexibility index (Phi) is 11.3. The van der Waals surface area contributed by atoms with E-state index in [4.69, 9.17) is 9.47 Å². The zero-order valence-electron chi connectivity index (χ0n) is 27.9. The van der Waals surface area contributed by atoms with Gasteiger partial charge in [-0.15, -0.1) is 11.8 Å². The van der Waals surface area contributed by atoms with Crippen LogP contribution in [0.2, 0.25) is 0 Å². The molecule has 0 radical (unpaired) electrons. The number of nitrogens with one attached hydrogen (secondary N) is 2. The maximum absolute atomic E-state index is 13.8. The summed E-state index contributed by atoms with van der Waals surface area (Å²) in [6.07, 6.45) is -0.0905. The highest BCUT2D eigenvalue weighted by atomic mass is 32.2. The number of benzene rings is 5. The molecule has 1 aliphatic rings. The molecule has 5 aromatic rings. The lowest BCUT2D eigenvalue weighted by Crippen LogP contribution is -2.49. The van der Waals surface area contributed by atoms with Gasteiger partial charge in [0, 0.05) is 24.6 Å². The summed E-state index contributed by atoms with van der Waals surface area (Å²) in [6.45, 7) is 0.380. The van der Waals surface area contributed by atoms with Crippen molar-refractivity contribution in [2.75, 3.05) is 26.0 Å². The quantitative estimate of drug-likeness (QED) is 0.0708. The van der Waals surface area contributed by atoms with Crippen LogP contribution in [0.4, 0.5) is 4.79 Å². The van der Waals surface area contributed by atoms with E-state index in [1.54, 1.807) is 11.8 Å². The third kappa shape index (κ3) is 7.61. The minimum Gasteiger partial charge on any atom is -0.469 e. The minimum atomic E-state index is -0.940. The number of carbonyl (C=O) groups excluding carboxylic acids is 3. The Balaban J connectivity index is 1.25. The van der Waals surface area contributed by atoms with Gasteiger partial charge in [-0.2, -0.15) is 0 Å². The van der Waals surface area contributed by atoms with Crippen molar-refractivity contribution < 1.29 is 23.9 Å². The van der Waals surface area contributed by atoms with E-state index in [1.807, 2.05) is 78.9 Å². The Morgan fingerprint density at radius 1 is 0.700 bits per heavy atom. The van der Waals surface area contributed by atoms with Crippen LogP contribution in [0.5, 0.6) is 0 Å². The van der Waals surface area contributed by atoms with Gasteiger partial charge in [-0.25, -0.2) is 4.79 Å². The maximum atomic E-state index is 13.8. The molecule has 254 valence electrons. The van der Waals surface area contributed by atoms with E-state index >= 15 is 0 Å². The molecule has 0 spiro atoms. The topological polar surface area (TPSA) is 93.7 Å². The molecule has 2 N–H and O–H groups in total. The average molecular weight is 685 g/mol. The Morgan fingerprint density at radius 3 is 1.68 bits per heavy atom. The van der Waals surface area contributed by atoms with Crippen LogP contribution in [-0.2, 0) is 23.8 Å². The molecule has 0 aliphatic heterocycles. The molecule has 1 atom stereocenters. The molecule has 2 amide bonds. The van der Waals surface area contributed by atoms with E-state index in [1.165, 1.54) is 7.11 Å². The number of ether oxygens (including phenoxy) is 2. The summed E-state index contributed by atoms with van der Waals surface area (Å²) >= 11 is 1.57. The highest BCUT2D eigenvalue weighted by Gasteiger charge is 2.39. The highest BCUT2D eigenvalue weighted by molar-refractivity contribution is 8.00. The second kappa shape index (κ2) is 16.4. The van der Waals surface area contributed by atoms with Crippen molar-refractivity contribution in [3.63, 3.8) is 0 Å². The van der Waals surface area contributed by atoms with E-state index in [-0.39, 0.29) is 43.1 Å². The lowest BCUT2D eigenvalue weighted by Gasteiger charge is -2.36. The Bertz CT molecular complexity index is 1760. The van der Waals surface area contributed by atoms with Gasteiger partial charge in [-0.05, 0) is 45.4 Å². The summed E-state index contributed by atoms with van der Waals surface area (Å²) in [7, 11) is 1.34. The highest BCUT2D eigenvalue weighted by Crippen LogP contribution is 2.49. The molecular formula is C42H40N2O5S. The van der Waals surface area contributed by atoms with Crippen LogP contribution < -0.4 is 10.6 Å². The van der Waals surface area contributed by atoms with Crippen LogP contribution in [0.3, 0.4) is 0 Å². The first kappa shape index (κ1) is 34.5. The van der Waals surface area contributed by atoms with Crippen LogP contribution in [-0.4, -0.2) is 50.0 Å². The second-order valence-electron chi connectivity index (χ2n) is 12.1. The zero-order chi connectivity index (χ0) is 34.8. The molecule has 50 heavy (non-hydrogen) atoms. The van der Waals surface area contributed by atoms with Crippen molar-refractivity contribution in [3.8, 4) is 11.1 Å². The second-order valence-corrected chi connectivity index (χ2v) is 13.3. The van der Waals surface area contributed by atoms with Gasteiger partial charge in [0.1, 0.15) is 12.6 Å². The Hall–Kier alpha value is -5.34. The molecule has 0 heterocycles. The van der Waals surface area contributed by atoms with Gasteiger partial charge in [-0.1, -0.05) is 140 Å². The van der Waals surface area contributed by atoms with Gasteiger partial charge in [0.25, 0.3) is 0 Å². The zero-order valence-corrected chi connectivity index (χ0v) is 28.7. The number of alkyl carbamates (subject to hydrolysis) is 1. The number of hydrogen-bond acceptors (Lipinski definition) is 6. The molecule has 7 nitrogen and oxygen atoms in total. The van der Waals surface area contributed by atoms with Crippen molar-refractivity contribution in [2.24, 2.45) is 0 Å². The van der Waals surface area contributed by atoms with Crippen molar-refractivity contribution in [1.29, 1.82) is 0 Å². The first-order valence-corrected chi connectivity index (χ1v) is 17.8. The summed E-state index contributed by atoms with van der Waals surface area (Å²) in [5.41, 5.74) is 7.61. The summed E-state index contributed by atoms with van der Waals surface area (Å²) in [5, 5.41) is 5.81. The van der Waals surface area contributed by atoms with E-state index < -0.39 is 16.9 Å². The molecule has 0 unspecified atom stereocenters. The molecule has 0 fully saturated rings. The van der Waals surface area contributed by atoms with Gasteiger partial charge in [0.2, 0.25) is 5.91 Å². The van der Waals surface area contributed by atoms with Gasteiger partial charge in [-0.3, -0.25) is 9.59 Å². The van der Waals surface area contributed by atoms with Crippen LogP contribution in [0.15, 0.2) is 140 Å². The molecule has 0 saturated carbocycles. The number of methoxy groups -OCH3 is 1. The fourth-order valence-electron chi connectivity index (χ4n) is 6.61. The Labute approximate surface area is 297 Å². The molecule has 0 bridgehead atoms. The van der Waals surface area contributed by atoms with Crippen LogP contribution in [0.25, 0.3) is 11.1 Å². The van der Waals surface area contributed by atoms with E-state index in [0.29, 0.717) is 6.42 Å². The average Bonchev–Trinajstić information content (AvgIpc) is 3.50. The summed E-state index contributed by atoms with van der Waals surface area (Å²) in [4.78, 5) is 39.0. The minimum absolute atomic E-state index is 0.116. The molecule has 6 rings (SSSR count). The number of hydrogen-bond donors (Lipinski definition) is 2.